The van der Waals surface area contributed by atoms with Crippen molar-refractivity contribution in [2.24, 2.45) is 16.5 Å². The summed E-state index contributed by atoms with van der Waals surface area (Å²) in [6.45, 7) is 0. The molecule has 0 atom stereocenters. The predicted molar refractivity (Wildman–Crippen MR) is 93.4 cm³/mol. The first kappa shape index (κ1) is 15.3. The van der Waals surface area contributed by atoms with E-state index < -0.39 is 5.91 Å². The number of rotatable bonds is 2. The van der Waals surface area contributed by atoms with Crippen molar-refractivity contribution in [3.8, 4) is 0 Å². The lowest BCUT2D eigenvalue weighted by atomic mass is 9.86. The third kappa shape index (κ3) is 3.12. The molecule has 1 amide bonds. The third-order valence-electron chi connectivity index (χ3n) is 3.80. The summed E-state index contributed by atoms with van der Waals surface area (Å²) in [5, 5.41) is 0.688. The fourth-order valence-electron chi connectivity index (χ4n) is 2.78. The molecular weight excluding hydrogens is 310 g/mol. The van der Waals surface area contributed by atoms with Crippen molar-refractivity contribution in [2.45, 2.75) is 12.8 Å². The maximum atomic E-state index is 12.1. The molecule has 0 spiro atoms. The van der Waals surface area contributed by atoms with Gasteiger partial charge in [-0.15, -0.1) is 0 Å². The Balaban J connectivity index is 2.09. The molecule has 0 unspecified atom stereocenters. The van der Waals surface area contributed by atoms with Gasteiger partial charge in [-0.05, 0) is 47.7 Å². The normalized spacial score (nSPS) is 13.0. The van der Waals surface area contributed by atoms with E-state index in [1.54, 1.807) is 6.07 Å². The Morgan fingerprint density at radius 2 is 1.87 bits per heavy atom. The van der Waals surface area contributed by atoms with E-state index in [1.165, 1.54) is 5.56 Å². The molecule has 0 aromatic heterocycles. The lowest BCUT2D eigenvalue weighted by Gasteiger charge is -2.19. The molecule has 4 N–H and O–H groups in total. The van der Waals surface area contributed by atoms with Crippen molar-refractivity contribution in [1.82, 2.24) is 0 Å². The van der Waals surface area contributed by atoms with E-state index >= 15 is 0 Å². The van der Waals surface area contributed by atoms with E-state index in [0.29, 0.717) is 10.6 Å². The van der Waals surface area contributed by atoms with Crippen LogP contribution in [-0.4, -0.2) is 11.9 Å². The predicted octanol–water partition coefficient (Wildman–Crippen LogP) is 3.13. The molecule has 3 rings (SSSR count). The van der Waals surface area contributed by atoms with E-state index in [-0.39, 0.29) is 5.96 Å². The van der Waals surface area contributed by atoms with Crippen molar-refractivity contribution < 1.29 is 4.79 Å². The highest BCUT2D eigenvalue weighted by atomic mass is 35.5. The highest BCUT2D eigenvalue weighted by molar-refractivity contribution is 6.32. The van der Waals surface area contributed by atoms with E-state index in [9.17, 15) is 4.79 Å². The molecule has 0 saturated carbocycles. The summed E-state index contributed by atoms with van der Waals surface area (Å²) in [4.78, 5) is 15.7. The van der Waals surface area contributed by atoms with Crippen molar-refractivity contribution in [3.05, 3.63) is 75.8 Å². The first-order valence-electron chi connectivity index (χ1n) is 7.28. The maximum absolute atomic E-state index is 12.1. The van der Waals surface area contributed by atoms with Gasteiger partial charge < -0.3 is 11.5 Å². The number of halogens is 1. The van der Waals surface area contributed by atoms with Crippen LogP contribution in [0.25, 0.3) is 5.57 Å². The molecule has 0 fully saturated rings. The van der Waals surface area contributed by atoms with Crippen LogP contribution in [0.3, 0.4) is 0 Å². The number of carbonyl (C=O) groups is 1. The van der Waals surface area contributed by atoms with Crippen LogP contribution >= 0.6 is 11.6 Å². The number of allylic oxidation sites excluding steroid dienone is 1. The molecule has 0 radical (unpaired) electrons. The topological polar surface area (TPSA) is 81.5 Å². The molecule has 0 saturated heterocycles. The first-order chi connectivity index (χ1) is 11.1. The summed E-state index contributed by atoms with van der Waals surface area (Å²) in [6.07, 6.45) is 4.02. The van der Waals surface area contributed by atoms with Gasteiger partial charge >= 0.3 is 0 Å². The van der Waals surface area contributed by atoms with Gasteiger partial charge in [-0.25, -0.2) is 0 Å². The molecule has 1 aliphatic carbocycles. The number of fused-ring (bicyclic) bond motifs is 1. The van der Waals surface area contributed by atoms with E-state index in [2.05, 4.69) is 11.1 Å². The number of benzene rings is 2. The molecule has 0 heterocycles. The fraction of sp³-hybridized carbons (Fsp3) is 0.111. The van der Waals surface area contributed by atoms with Crippen LogP contribution in [0, 0.1) is 0 Å². The van der Waals surface area contributed by atoms with Crippen molar-refractivity contribution in [3.63, 3.8) is 0 Å². The Hall–Kier alpha value is -2.59. The van der Waals surface area contributed by atoms with Gasteiger partial charge in [0.15, 0.2) is 5.96 Å². The van der Waals surface area contributed by atoms with Crippen molar-refractivity contribution >= 4 is 29.0 Å². The van der Waals surface area contributed by atoms with Crippen LogP contribution in [0.15, 0.2) is 53.5 Å². The van der Waals surface area contributed by atoms with Gasteiger partial charge in [0.1, 0.15) is 0 Å². The minimum absolute atomic E-state index is 0.241. The molecule has 2 aromatic carbocycles. The smallest absolute Gasteiger partial charge is 0.280 e. The minimum atomic E-state index is -0.447. The molecule has 4 nitrogen and oxygen atoms in total. The molecule has 116 valence electrons. The number of aliphatic imine (C=N–C) groups is 1. The number of nitrogens with zero attached hydrogens (tertiary/aromatic N) is 1. The molecular formula is C18H16ClN3O. The van der Waals surface area contributed by atoms with Crippen molar-refractivity contribution in [2.75, 3.05) is 0 Å². The van der Waals surface area contributed by atoms with E-state index in [1.807, 2.05) is 36.4 Å². The zero-order chi connectivity index (χ0) is 16.4. The first-order valence-corrected chi connectivity index (χ1v) is 7.66. The summed E-state index contributed by atoms with van der Waals surface area (Å²) < 4.78 is 0. The van der Waals surface area contributed by atoms with E-state index in [0.717, 1.165) is 29.5 Å². The molecule has 0 aliphatic heterocycles. The van der Waals surface area contributed by atoms with Crippen molar-refractivity contribution in [1.29, 1.82) is 0 Å². The number of carbonyl (C=O) groups excluding carboxylic acids is 1. The molecule has 0 bridgehead atoms. The van der Waals surface area contributed by atoms with Gasteiger partial charge in [0, 0.05) is 16.1 Å². The number of aryl methyl sites for hydroxylation is 1. The monoisotopic (exact) mass is 325 g/mol. The average Bonchev–Trinajstić information content (AvgIpc) is 2.54. The molecule has 1 aliphatic rings. The SMILES string of the molecule is NC(N)=NC(=O)c1ccc2c(c1)C(c1ccccc1Cl)=CCC2. The second-order valence-electron chi connectivity index (χ2n) is 5.35. The quantitative estimate of drug-likeness (QED) is 0.657. The second kappa shape index (κ2) is 6.26. The molecule has 23 heavy (non-hydrogen) atoms. The van der Waals surface area contributed by atoms with Crippen LogP contribution in [0.4, 0.5) is 0 Å². The number of guanidine groups is 1. The summed E-state index contributed by atoms with van der Waals surface area (Å²) in [5.74, 6) is -0.688. The number of nitrogens with two attached hydrogens (primary N) is 2. The summed E-state index contributed by atoms with van der Waals surface area (Å²) in [5.41, 5.74) is 15.2. The standard InChI is InChI=1S/C18H16ClN3O/c19-16-7-2-1-5-14(16)13-6-3-4-11-8-9-12(10-15(11)13)17(23)22-18(20)21/h1-2,5-10H,3-4H2,(H4,20,21,22,23). The Labute approximate surface area is 139 Å². The Kier molecular flexibility index (Phi) is 4.17. The van der Waals surface area contributed by atoms with Gasteiger partial charge in [0.25, 0.3) is 5.91 Å². The number of hydrogen-bond acceptors (Lipinski definition) is 1. The number of amides is 1. The summed E-state index contributed by atoms with van der Waals surface area (Å²) >= 11 is 6.33. The Morgan fingerprint density at radius 1 is 1.09 bits per heavy atom. The van der Waals surface area contributed by atoms with Crippen LogP contribution < -0.4 is 11.5 Å². The lowest BCUT2D eigenvalue weighted by Crippen LogP contribution is -2.24. The van der Waals surface area contributed by atoms with Crippen LogP contribution in [0.2, 0.25) is 5.02 Å². The Morgan fingerprint density at radius 3 is 2.61 bits per heavy atom. The third-order valence-corrected chi connectivity index (χ3v) is 4.13. The highest BCUT2D eigenvalue weighted by Gasteiger charge is 2.18. The van der Waals surface area contributed by atoms with Gasteiger partial charge in [-0.1, -0.05) is 41.9 Å². The van der Waals surface area contributed by atoms with Gasteiger partial charge in [-0.3, -0.25) is 4.79 Å². The highest BCUT2D eigenvalue weighted by Crippen LogP contribution is 2.35. The zero-order valence-corrected chi connectivity index (χ0v) is 13.2. The average molecular weight is 326 g/mol. The van der Waals surface area contributed by atoms with Crippen LogP contribution in [0.1, 0.15) is 33.5 Å². The maximum Gasteiger partial charge on any atom is 0.280 e. The van der Waals surface area contributed by atoms with Crippen LogP contribution in [0.5, 0.6) is 0 Å². The fourth-order valence-corrected chi connectivity index (χ4v) is 3.01. The summed E-state index contributed by atoms with van der Waals surface area (Å²) in [6, 6.07) is 13.2. The largest absolute Gasteiger partial charge is 0.370 e. The second-order valence-corrected chi connectivity index (χ2v) is 5.76. The van der Waals surface area contributed by atoms with Gasteiger partial charge in [0.2, 0.25) is 0 Å². The van der Waals surface area contributed by atoms with E-state index in [4.69, 9.17) is 23.1 Å². The lowest BCUT2D eigenvalue weighted by molar-refractivity contribution is 0.100. The Bertz CT molecular complexity index is 836. The van der Waals surface area contributed by atoms with Crippen LogP contribution in [-0.2, 0) is 6.42 Å². The van der Waals surface area contributed by atoms with Gasteiger partial charge in [0.05, 0.1) is 0 Å². The molecule has 5 heteroatoms. The minimum Gasteiger partial charge on any atom is -0.370 e. The summed E-state index contributed by atoms with van der Waals surface area (Å²) in [7, 11) is 0. The zero-order valence-electron chi connectivity index (χ0n) is 12.4. The van der Waals surface area contributed by atoms with Gasteiger partial charge in [-0.2, -0.15) is 4.99 Å². The number of hydrogen-bond donors (Lipinski definition) is 2. The molecule has 2 aromatic rings.